The first-order valence-corrected chi connectivity index (χ1v) is 14.7. The van der Waals surface area contributed by atoms with E-state index in [2.05, 4.69) is 36.3 Å². The molecule has 208 valence electrons. The zero-order chi connectivity index (χ0) is 27.1. The number of allylic oxidation sites excluding steroid dienone is 2. The molecule has 4 saturated carbocycles. The number of fused-ring (bicyclic) bond motifs is 5. The van der Waals surface area contributed by atoms with Crippen molar-refractivity contribution in [3.63, 3.8) is 0 Å². The maximum Gasteiger partial charge on any atom is 0.306 e. The summed E-state index contributed by atoms with van der Waals surface area (Å²) >= 11 is 0. The number of rotatable bonds is 6. The van der Waals surface area contributed by atoms with Crippen LogP contribution in [0.3, 0.4) is 0 Å². The van der Waals surface area contributed by atoms with Crippen LogP contribution < -0.4 is 5.32 Å². The average molecular weight is 525 g/mol. The lowest BCUT2D eigenvalue weighted by Gasteiger charge is -2.58. The molecular formula is C31H44N2O5. The second-order valence-electron chi connectivity index (χ2n) is 13.2. The Labute approximate surface area is 226 Å². The largest absolute Gasteiger partial charge is 0.481 e. The lowest BCUT2D eigenvalue weighted by molar-refractivity contribution is -0.143. The third-order valence-corrected chi connectivity index (χ3v) is 11.5. The van der Waals surface area contributed by atoms with Crippen molar-refractivity contribution in [1.82, 2.24) is 5.32 Å². The maximum atomic E-state index is 12.3. The number of carbonyl (C=O) groups is 2. The highest BCUT2D eigenvalue weighted by molar-refractivity contribution is 5.96. The molecule has 0 aromatic carbocycles. The zero-order valence-electron chi connectivity index (χ0n) is 23.0. The molecule has 0 unspecified atom stereocenters. The minimum absolute atomic E-state index is 0.0997. The second kappa shape index (κ2) is 10.3. The molecule has 0 bridgehead atoms. The summed E-state index contributed by atoms with van der Waals surface area (Å²) in [6.07, 6.45) is 19.0. The monoisotopic (exact) mass is 524 g/mol. The van der Waals surface area contributed by atoms with Crippen LogP contribution in [-0.4, -0.2) is 46.6 Å². The van der Waals surface area contributed by atoms with E-state index in [9.17, 15) is 14.7 Å². The quantitative estimate of drug-likeness (QED) is 0.345. The van der Waals surface area contributed by atoms with Gasteiger partial charge in [-0.2, -0.15) is 0 Å². The maximum absolute atomic E-state index is 12.3. The Bertz CT molecular complexity index is 1050. The van der Waals surface area contributed by atoms with E-state index >= 15 is 0 Å². The Hall–Kier alpha value is -2.33. The highest BCUT2D eigenvalue weighted by Crippen LogP contribution is 2.67. The van der Waals surface area contributed by atoms with E-state index in [1.165, 1.54) is 5.57 Å². The van der Waals surface area contributed by atoms with E-state index in [1.807, 2.05) is 0 Å². The van der Waals surface area contributed by atoms with Crippen LogP contribution in [0.4, 0.5) is 0 Å². The first-order valence-electron chi connectivity index (χ1n) is 14.7. The Kier molecular flexibility index (Phi) is 7.41. The topological polar surface area (TPSA) is 108 Å². The van der Waals surface area contributed by atoms with E-state index in [4.69, 9.17) is 16.4 Å². The van der Waals surface area contributed by atoms with Crippen LogP contribution in [0.2, 0.25) is 0 Å². The summed E-state index contributed by atoms with van der Waals surface area (Å²) in [5, 5.41) is 27.6. The molecule has 0 aromatic rings. The zero-order valence-corrected chi connectivity index (χ0v) is 23.0. The Morgan fingerprint density at radius 1 is 1.08 bits per heavy atom. The van der Waals surface area contributed by atoms with Gasteiger partial charge in [-0.25, -0.2) is 0 Å². The number of carboxylic acid groups (broad SMARTS) is 1. The number of hydrogen-bond donors (Lipinski definition) is 3. The van der Waals surface area contributed by atoms with E-state index in [0.29, 0.717) is 43.1 Å². The van der Waals surface area contributed by atoms with Gasteiger partial charge in [0.25, 0.3) is 5.91 Å². The van der Waals surface area contributed by atoms with Crippen LogP contribution in [0.5, 0.6) is 0 Å². The fourth-order valence-corrected chi connectivity index (χ4v) is 8.99. The molecule has 38 heavy (non-hydrogen) atoms. The summed E-state index contributed by atoms with van der Waals surface area (Å²) in [4.78, 5) is 28.8. The van der Waals surface area contributed by atoms with Crippen LogP contribution in [0.25, 0.3) is 0 Å². The fourth-order valence-electron chi connectivity index (χ4n) is 8.99. The summed E-state index contributed by atoms with van der Waals surface area (Å²) in [6.45, 7) is 5.12. The number of amides is 1. The molecule has 0 saturated heterocycles. The van der Waals surface area contributed by atoms with Gasteiger partial charge in [0, 0.05) is 12.0 Å². The van der Waals surface area contributed by atoms with Gasteiger partial charge in [-0.15, -0.1) is 6.42 Å². The fraction of sp³-hybridized carbons (Fsp3) is 0.774. The normalized spacial score (nSPS) is 43.2. The van der Waals surface area contributed by atoms with Gasteiger partial charge in [0.15, 0.2) is 6.61 Å². The number of aliphatic hydroxyl groups is 1. The summed E-state index contributed by atoms with van der Waals surface area (Å²) < 4.78 is 0. The molecule has 7 nitrogen and oxygen atoms in total. The molecule has 4 fully saturated rings. The number of terminal acetylenes is 1. The van der Waals surface area contributed by atoms with E-state index < -0.39 is 11.6 Å². The number of hydrogen-bond acceptors (Lipinski definition) is 5. The number of nitrogens with zero attached hydrogens (tertiary/aromatic N) is 1. The van der Waals surface area contributed by atoms with Crippen LogP contribution >= 0.6 is 0 Å². The predicted octanol–water partition coefficient (Wildman–Crippen LogP) is 4.69. The summed E-state index contributed by atoms with van der Waals surface area (Å²) in [5.41, 5.74) is 1.39. The molecule has 6 atom stereocenters. The van der Waals surface area contributed by atoms with Crippen molar-refractivity contribution in [2.45, 2.75) is 96.5 Å². The summed E-state index contributed by atoms with van der Waals surface area (Å²) in [7, 11) is 0. The third-order valence-electron chi connectivity index (χ3n) is 11.5. The van der Waals surface area contributed by atoms with Gasteiger partial charge in [-0.05, 0) is 112 Å². The molecule has 0 aliphatic heterocycles. The second-order valence-corrected chi connectivity index (χ2v) is 13.2. The number of aliphatic carboxylic acids is 1. The molecule has 5 aliphatic rings. The first kappa shape index (κ1) is 27.2. The van der Waals surface area contributed by atoms with Gasteiger partial charge in [-0.1, -0.05) is 30.5 Å². The first-order chi connectivity index (χ1) is 18.1. The molecule has 0 spiro atoms. The molecule has 1 amide bonds. The van der Waals surface area contributed by atoms with Crippen molar-refractivity contribution >= 4 is 17.6 Å². The standard InChI is InChI=1S/C31H44N2O5/c1-4-31(37)16-13-26-24-10-9-22-17-23(11-14-29(22,2)25(24)12-15-30(26,31)3)33-38-19-27(34)32-18-20-5-7-21(8-6-20)28(35)36/h1,17,20-21,24-26,37H,5-16,18-19H2,2-3H3,(H,32,34)(H,35,36)/b33-23+/t20?,21?,24-,25+,26+,29+,30+,31-/m1/s1. The number of carbonyl (C=O) groups excluding carboxylic acids is 1. The van der Waals surface area contributed by atoms with Crippen LogP contribution in [0.15, 0.2) is 16.8 Å². The van der Waals surface area contributed by atoms with E-state index in [0.717, 1.165) is 69.9 Å². The van der Waals surface area contributed by atoms with Gasteiger partial charge < -0.3 is 20.4 Å². The molecule has 0 aromatic heterocycles. The van der Waals surface area contributed by atoms with Gasteiger partial charge >= 0.3 is 5.97 Å². The molecule has 5 aliphatic carbocycles. The van der Waals surface area contributed by atoms with Crippen molar-refractivity contribution in [2.24, 2.45) is 45.6 Å². The lowest BCUT2D eigenvalue weighted by atomic mass is 9.46. The molecule has 0 heterocycles. The van der Waals surface area contributed by atoms with Crippen molar-refractivity contribution in [3.05, 3.63) is 11.6 Å². The lowest BCUT2D eigenvalue weighted by Crippen LogP contribution is -2.54. The number of oxime groups is 1. The number of carboxylic acids is 1. The van der Waals surface area contributed by atoms with Gasteiger partial charge in [0.05, 0.1) is 11.6 Å². The van der Waals surface area contributed by atoms with Gasteiger partial charge in [-0.3, -0.25) is 9.59 Å². The van der Waals surface area contributed by atoms with Crippen molar-refractivity contribution < 1.29 is 24.6 Å². The van der Waals surface area contributed by atoms with E-state index in [-0.39, 0.29) is 29.3 Å². The average Bonchev–Trinajstić information content (AvgIpc) is 3.18. The van der Waals surface area contributed by atoms with Gasteiger partial charge in [0.1, 0.15) is 5.60 Å². The smallest absolute Gasteiger partial charge is 0.306 e. The van der Waals surface area contributed by atoms with Crippen molar-refractivity contribution in [2.75, 3.05) is 13.2 Å². The van der Waals surface area contributed by atoms with Crippen LogP contribution in [-0.2, 0) is 14.4 Å². The molecule has 0 radical (unpaired) electrons. The van der Waals surface area contributed by atoms with Crippen LogP contribution in [0.1, 0.15) is 90.9 Å². The van der Waals surface area contributed by atoms with Crippen molar-refractivity contribution in [3.8, 4) is 12.3 Å². The summed E-state index contributed by atoms with van der Waals surface area (Å²) in [5.74, 6) is 3.68. The minimum Gasteiger partial charge on any atom is -0.481 e. The highest BCUT2D eigenvalue weighted by atomic mass is 16.6. The predicted molar refractivity (Wildman–Crippen MR) is 145 cm³/mol. The van der Waals surface area contributed by atoms with E-state index in [1.54, 1.807) is 0 Å². The Balaban J connectivity index is 1.13. The Morgan fingerprint density at radius 2 is 1.82 bits per heavy atom. The highest BCUT2D eigenvalue weighted by Gasteiger charge is 2.63. The molecular weight excluding hydrogens is 480 g/mol. The third kappa shape index (κ3) is 4.68. The molecule has 5 rings (SSSR count). The number of nitrogens with one attached hydrogen (secondary N) is 1. The van der Waals surface area contributed by atoms with Crippen molar-refractivity contribution in [1.29, 1.82) is 0 Å². The Morgan fingerprint density at radius 3 is 2.53 bits per heavy atom. The molecule has 3 N–H and O–H groups in total. The van der Waals surface area contributed by atoms with Gasteiger partial charge in [0.2, 0.25) is 0 Å². The SMILES string of the molecule is C#C[C@@]1(O)CC[C@H]2[C@@H]3CCC4=C/C(=N/OCC(=O)NCC5CCC(C(=O)O)CC5)CC[C@]4(C)[C@H]3CC[C@@]21C. The summed E-state index contributed by atoms with van der Waals surface area (Å²) in [6, 6.07) is 0. The van der Waals surface area contributed by atoms with Crippen LogP contribution in [0, 0.1) is 52.8 Å². The molecule has 7 heteroatoms. The minimum atomic E-state index is -0.963.